The standard InChI is InChI=1S/C22H19BrN2O4S/c23-20-7-6-18(30(24,27)28)12-19(20)22(26)25-13-14-1-3-15(4-2-14)16-5-8-21-17(11-16)9-10-29-21/h1-8,11-12H,9-10,13H2,(H,25,26)(H2,24,27,28). The Morgan fingerprint density at radius 1 is 1.03 bits per heavy atom. The average Bonchev–Trinajstić information content (AvgIpc) is 3.20. The van der Waals surface area contributed by atoms with Crippen LogP contribution in [0.2, 0.25) is 0 Å². The third-order valence-electron chi connectivity index (χ3n) is 4.94. The average molecular weight is 487 g/mol. The van der Waals surface area contributed by atoms with E-state index in [0.717, 1.165) is 35.5 Å². The van der Waals surface area contributed by atoms with Gasteiger partial charge in [0.15, 0.2) is 0 Å². The van der Waals surface area contributed by atoms with Gasteiger partial charge in [0.2, 0.25) is 10.0 Å². The number of halogens is 1. The van der Waals surface area contributed by atoms with Gasteiger partial charge in [-0.15, -0.1) is 0 Å². The van der Waals surface area contributed by atoms with Crippen molar-refractivity contribution in [3.8, 4) is 16.9 Å². The number of amides is 1. The number of rotatable bonds is 5. The first-order valence-corrected chi connectivity index (χ1v) is 11.6. The molecule has 0 spiro atoms. The first-order valence-electron chi connectivity index (χ1n) is 9.27. The van der Waals surface area contributed by atoms with Crippen LogP contribution < -0.4 is 15.2 Å². The molecule has 0 fully saturated rings. The number of carbonyl (C=O) groups excluding carboxylic acids is 1. The Morgan fingerprint density at radius 2 is 1.77 bits per heavy atom. The summed E-state index contributed by atoms with van der Waals surface area (Å²) in [6.45, 7) is 1.04. The number of fused-ring (bicyclic) bond motifs is 1. The smallest absolute Gasteiger partial charge is 0.252 e. The highest BCUT2D eigenvalue weighted by Crippen LogP contribution is 2.30. The lowest BCUT2D eigenvalue weighted by molar-refractivity contribution is 0.0950. The van der Waals surface area contributed by atoms with Crippen molar-refractivity contribution in [3.05, 3.63) is 81.8 Å². The second-order valence-electron chi connectivity index (χ2n) is 6.99. The Hall–Kier alpha value is -2.68. The summed E-state index contributed by atoms with van der Waals surface area (Å²) in [6, 6.07) is 18.2. The molecule has 4 rings (SSSR count). The van der Waals surface area contributed by atoms with Crippen LogP contribution in [-0.2, 0) is 23.0 Å². The SMILES string of the molecule is NS(=O)(=O)c1ccc(Br)c(C(=O)NCc2ccc(-c3ccc4c(c3)CCO4)cc2)c1. The van der Waals surface area contributed by atoms with Crippen LogP contribution >= 0.6 is 15.9 Å². The molecule has 0 unspecified atom stereocenters. The van der Waals surface area contributed by atoms with Gasteiger partial charge in [-0.1, -0.05) is 30.3 Å². The van der Waals surface area contributed by atoms with Gasteiger partial charge in [0.25, 0.3) is 5.91 Å². The van der Waals surface area contributed by atoms with Gasteiger partial charge >= 0.3 is 0 Å². The molecule has 0 saturated heterocycles. The zero-order valence-electron chi connectivity index (χ0n) is 15.9. The van der Waals surface area contributed by atoms with Gasteiger partial charge < -0.3 is 10.1 Å². The molecule has 0 radical (unpaired) electrons. The van der Waals surface area contributed by atoms with E-state index in [-0.39, 0.29) is 10.5 Å². The van der Waals surface area contributed by atoms with E-state index in [1.54, 1.807) is 0 Å². The van der Waals surface area contributed by atoms with E-state index >= 15 is 0 Å². The lowest BCUT2D eigenvalue weighted by Gasteiger charge is -2.10. The van der Waals surface area contributed by atoms with Crippen LogP contribution in [0.1, 0.15) is 21.5 Å². The summed E-state index contributed by atoms with van der Waals surface area (Å²) in [5.41, 5.74) is 4.56. The predicted molar refractivity (Wildman–Crippen MR) is 118 cm³/mol. The van der Waals surface area contributed by atoms with Crippen LogP contribution in [0.15, 0.2) is 70.0 Å². The molecule has 8 heteroatoms. The van der Waals surface area contributed by atoms with Gasteiger partial charge in [-0.3, -0.25) is 4.79 Å². The summed E-state index contributed by atoms with van der Waals surface area (Å²) >= 11 is 3.28. The van der Waals surface area contributed by atoms with Crippen LogP contribution in [0.3, 0.4) is 0 Å². The van der Waals surface area contributed by atoms with Crippen molar-refractivity contribution in [2.24, 2.45) is 5.14 Å². The Kier molecular flexibility index (Phi) is 5.64. The fourth-order valence-corrected chi connectivity index (χ4v) is 4.28. The van der Waals surface area contributed by atoms with E-state index in [0.29, 0.717) is 11.0 Å². The molecule has 0 bridgehead atoms. The summed E-state index contributed by atoms with van der Waals surface area (Å²) in [4.78, 5) is 12.4. The maximum Gasteiger partial charge on any atom is 0.252 e. The second kappa shape index (κ2) is 8.22. The quantitative estimate of drug-likeness (QED) is 0.574. The molecule has 0 atom stereocenters. The lowest BCUT2D eigenvalue weighted by Crippen LogP contribution is -2.24. The van der Waals surface area contributed by atoms with Crippen molar-refractivity contribution < 1.29 is 17.9 Å². The van der Waals surface area contributed by atoms with E-state index in [1.165, 1.54) is 23.8 Å². The van der Waals surface area contributed by atoms with E-state index < -0.39 is 15.9 Å². The first kappa shape index (κ1) is 20.6. The molecule has 1 heterocycles. The van der Waals surface area contributed by atoms with E-state index in [1.807, 2.05) is 36.4 Å². The molecule has 6 nitrogen and oxygen atoms in total. The summed E-state index contributed by atoms with van der Waals surface area (Å²) in [5, 5.41) is 7.96. The van der Waals surface area contributed by atoms with E-state index in [4.69, 9.17) is 9.88 Å². The molecule has 0 saturated carbocycles. The maximum atomic E-state index is 12.5. The molecule has 154 valence electrons. The maximum absolute atomic E-state index is 12.5. The van der Waals surface area contributed by atoms with Gasteiger partial charge in [0.1, 0.15) is 5.75 Å². The Balaban J connectivity index is 1.45. The minimum Gasteiger partial charge on any atom is -0.493 e. The van der Waals surface area contributed by atoms with Crippen molar-refractivity contribution in [3.63, 3.8) is 0 Å². The molecule has 3 aromatic rings. The van der Waals surface area contributed by atoms with Crippen molar-refractivity contribution in [2.45, 2.75) is 17.9 Å². The number of ether oxygens (including phenoxy) is 1. The van der Waals surface area contributed by atoms with Crippen LogP contribution in [-0.4, -0.2) is 20.9 Å². The molecular weight excluding hydrogens is 468 g/mol. The summed E-state index contributed by atoms with van der Waals surface area (Å²) < 4.78 is 29.1. The monoisotopic (exact) mass is 486 g/mol. The normalized spacial score (nSPS) is 12.9. The molecule has 30 heavy (non-hydrogen) atoms. The van der Waals surface area contributed by atoms with Crippen molar-refractivity contribution >= 4 is 31.9 Å². The largest absolute Gasteiger partial charge is 0.493 e. The van der Waals surface area contributed by atoms with Crippen LogP contribution in [0.4, 0.5) is 0 Å². The van der Waals surface area contributed by atoms with E-state index in [2.05, 4.69) is 27.3 Å². The minimum absolute atomic E-state index is 0.111. The summed E-state index contributed by atoms with van der Waals surface area (Å²) in [5.74, 6) is 0.561. The number of benzene rings is 3. The number of carbonyl (C=O) groups is 1. The van der Waals surface area contributed by atoms with Gasteiger partial charge in [-0.2, -0.15) is 0 Å². The highest BCUT2D eigenvalue weighted by molar-refractivity contribution is 9.10. The fourth-order valence-electron chi connectivity index (χ4n) is 3.31. The molecule has 3 N–H and O–H groups in total. The van der Waals surface area contributed by atoms with Gasteiger partial charge in [-0.05, 0) is 68.5 Å². The Bertz CT molecular complexity index is 1220. The minimum atomic E-state index is -3.89. The first-order chi connectivity index (χ1) is 14.3. The summed E-state index contributed by atoms with van der Waals surface area (Å²) in [6.07, 6.45) is 0.926. The highest BCUT2D eigenvalue weighted by atomic mass is 79.9. The second-order valence-corrected chi connectivity index (χ2v) is 9.40. The predicted octanol–water partition coefficient (Wildman–Crippen LogP) is 3.63. The zero-order chi connectivity index (χ0) is 21.3. The number of primary sulfonamides is 1. The topological polar surface area (TPSA) is 98.5 Å². The number of hydrogen-bond acceptors (Lipinski definition) is 4. The van der Waals surface area contributed by atoms with Crippen LogP contribution in [0, 0.1) is 0 Å². The van der Waals surface area contributed by atoms with Crippen molar-refractivity contribution in [1.29, 1.82) is 0 Å². The molecular formula is C22H19BrN2O4S. The van der Waals surface area contributed by atoms with Crippen molar-refractivity contribution in [2.75, 3.05) is 6.61 Å². The summed E-state index contributed by atoms with van der Waals surface area (Å²) in [7, 11) is -3.89. The molecule has 0 aliphatic carbocycles. The number of sulfonamides is 1. The Labute approximate surface area is 183 Å². The Morgan fingerprint density at radius 3 is 2.50 bits per heavy atom. The van der Waals surface area contributed by atoms with Gasteiger partial charge in [0.05, 0.1) is 17.1 Å². The highest BCUT2D eigenvalue weighted by Gasteiger charge is 2.16. The van der Waals surface area contributed by atoms with Crippen molar-refractivity contribution in [1.82, 2.24) is 5.32 Å². The van der Waals surface area contributed by atoms with Crippen LogP contribution in [0.5, 0.6) is 5.75 Å². The van der Waals surface area contributed by atoms with E-state index in [9.17, 15) is 13.2 Å². The lowest BCUT2D eigenvalue weighted by atomic mass is 10.0. The molecule has 0 aromatic heterocycles. The zero-order valence-corrected chi connectivity index (χ0v) is 18.3. The third kappa shape index (κ3) is 4.40. The number of nitrogens with one attached hydrogen (secondary N) is 1. The van der Waals surface area contributed by atoms with Gasteiger partial charge in [-0.25, -0.2) is 13.6 Å². The molecule has 1 amide bonds. The number of nitrogens with two attached hydrogens (primary N) is 1. The van der Waals surface area contributed by atoms with Gasteiger partial charge in [0, 0.05) is 17.4 Å². The van der Waals surface area contributed by atoms with Crippen LogP contribution in [0.25, 0.3) is 11.1 Å². The molecule has 1 aliphatic heterocycles. The third-order valence-corrected chi connectivity index (χ3v) is 6.54. The number of hydrogen-bond donors (Lipinski definition) is 2. The molecule has 1 aliphatic rings. The molecule has 3 aromatic carbocycles. The fraction of sp³-hybridized carbons (Fsp3) is 0.136.